The van der Waals surface area contributed by atoms with Crippen molar-refractivity contribution in [2.75, 3.05) is 5.32 Å². The largest absolute Gasteiger partial charge is 0.487 e. The van der Waals surface area contributed by atoms with Crippen molar-refractivity contribution in [1.82, 2.24) is 9.38 Å². The van der Waals surface area contributed by atoms with E-state index < -0.39 is 0 Å². The highest BCUT2D eigenvalue weighted by molar-refractivity contribution is 14.1. The number of amides is 1. The lowest BCUT2D eigenvalue weighted by Crippen LogP contribution is -2.12. The molecule has 5 nitrogen and oxygen atoms in total. The molecule has 2 heterocycles. The number of aromatic nitrogens is 2. The van der Waals surface area contributed by atoms with Crippen molar-refractivity contribution in [3.05, 3.63) is 93.4 Å². The second-order valence-electron chi connectivity index (χ2n) is 6.44. The van der Waals surface area contributed by atoms with Crippen molar-refractivity contribution >= 4 is 39.8 Å². The molecule has 0 aliphatic carbocycles. The van der Waals surface area contributed by atoms with Crippen molar-refractivity contribution < 1.29 is 9.53 Å². The molecule has 0 spiro atoms. The lowest BCUT2D eigenvalue weighted by molar-refractivity contribution is 0.102. The Labute approximate surface area is 176 Å². The van der Waals surface area contributed by atoms with Crippen LogP contribution >= 0.6 is 22.6 Å². The average molecular weight is 483 g/mol. The molecule has 0 saturated heterocycles. The van der Waals surface area contributed by atoms with Crippen LogP contribution in [0.5, 0.6) is 5.75 Å². The molecule has 0 unspecified atom stereocenters. The maximum Gasteiger partial charge on any atom is 0.255 e. The van der Waals surface area contributed by atoms with Crippen LogP contribution in [-0.4, -0.2) is 15.3 Å². The van der Waals surface area contributed by atoms with E-state index in [-0.39, 0.29) is 5.91 Å². The van der Waals surface area contributed by atoms with E-state index in [1.807, 2.05) is 72.2 Å². The van der Waals surface area contributed by atoms with Gasteiger partial charge in [-0.15, -0.1) is 0 Å². The first kappa shape index (κ1) is 18.5. The summed E-state index contributed by atoms with van der Waals surface area (Å²) in [5.41, 5.74) is 4.18. The highest BCUT2D eigenvalue weighted by Gasteiger charge is 2.09. The number of benzene rings is 2. The molecule has 1 N–H and O–H groups in total. The predicted octanol–water partition coefficient (Wildman–Crippen LogP) is 5.08. The molecule has 28 heavy (non-hydrogen) atoms. The molecule has 0 saturated carbocycles. The number of pyridine rings is 1. The van der Waals surface area contributed by atoms with Gasteiger partial charge in [0.15, 0.2) is 0 Å². The number of carbonyl (C=O) groups is 1. The first-order chi connectivity index (χ1) is 13.6. The Kier molecular flexibility index (Phi) is 5.29. The van der Waals surface area contributed by atoms with Crippen LogP contribution in [-0.2, 0) is 6.61 Å². The maximum atomic E-state index is 12.5. The van der Waals surface area contributed by atoms with Gasteiger partial charge in [-0.2, -0.15) is 0 Å². The lowest BCUT2D eigenvalue weighted by atomic mass is 10.2. The van der Waals surface area contributed by atoms with Gasteiger partial charge in [-0.1, -0.05) is 18.2 Å². The molecule has 4 aromatic rings. The van der Waals surface area contributed by atoms with Crippen LogP contribution in [0.3, 0.4) is 0 Å². The lowest BCUT2D eigenvalue weighted by Gasteiger charge is -2.08. The molecule has 0 aliphatic rings. The minimum Gasteiger partial charge on any atom is -0.487 e. The van der Waals surface area contributed by atoms with Crippen LogP contribution in [0, 0.1) is 10.5 Å². The van der Waals surface area contributed by atoms with Gasteiger partial charge in [0.1, 0.15) is 18.0 Å². The normalized spacial score (nSPS) is 10.8. The number of hydrogen-bond donors (Lipinski definition) is 1. The topological polar surface area (TPSA) is 55.6 Å². The third-order valence-electron chi connectivity index (χ3n) is 4.29. The number of carbonyl (C=O) groups excluding carboxylic acids is 1. The van der Waals surface area contributed by atoms with Crippen LogP contribution in [0.1, 0.15) is 21.6 Å². The summed E-state index contributed by atoms with van der Waals surface area (Å²) in [6.07, 6.45) is 3.92. The Morgan fingerprint density at radius 2 is 2.00 bits per heavy atom. The summed E-state index contributed by atoms with van der Waals surface area (Å²) >= 11 is 2.22. The maximum absolute atomic E-state index is 12.5. The highest BCUT2D eigenvalue weighted by atomic mass is 127. The molecule has 2 aromatic carbocycles. The number of halogens is 1. The van der Waals surface area contributed by atoms with E-state index in [1.54, 1.807) is 12.1 Å². The van der Waals surface area contributed by atoms with Crippen LogP contribution in [0.2, 0.25) is 0 Å². The minimum absolute atomic E-state index is 0.171. The number of anilines is 1. The Balaban J connectivity index is 1.45. The zero-order valence-corrected chi connectivity index (χ0v) is 17.4. The van der Waals surface area contributed by atoms with Crippen LogP contribution in [0.4, 0.5) is 5.69 Å². The van der Waals surface area contributed by atoms with Gasteiger partial charge in [0.25, 0.3) is 5.91 Å². The number of aryl methyl sites for hydroxylation is 1. The van der Waals surface area contributed by atoms with Gasteiger partial charge in [-0.25, -0.2) is 4.98 Å². The monoisotopic (exact) mass is 483 g/mol. The fraction of sp³-hybridized carbons (Fsp3) is 0.0909. The van der Waals surface area contributed by atoms with Gasteiger partial charge in [0, 0.05) is 27.2 Å². The molecule has 6 heteroatoms. The molecule has 0 radical (unpaired) electrons. The summed E-state index contributed by atoms with van der Waals surface area (Å²) in [6.45, 7) is 2.37. The molecule has 0 atom stereocenters. The number of nitrogens with one attached hydrogen (secondary N) is 1. The SMILES string of the molecule is Cc1cccn2cc(COc3cccc(C(=O)Nc4cccc(I)c4)c3)nc12. The van der Waals surface area contributed by atoms with Gasteiger partial charge in [-0.3, -0.25) is 4.79 Å². The Bertz CT molecular complexity index is 1150. The molecule has 140 valence electrons. The Hall–Kier alpha value is -2.87. The number of hydrogen-bond acceptors (Lipinski definition) is 3. The second kappa shape index (κ2) is 8.02. The molecular formula is C22H18IN3O2. The van der Waals surface area contributed by atoms with E-state index in [0.29, 0.717) is 17.9 Å². The summed E-state index contributed by atoms with van der Waals surface area (Å²) in [4.78, 5) is 17.1. The number of fused-ring (bicyclic) bond motifs is 1. The molecule has 0 aliphatic heterocycles. The summed E-state index contributed by atoms with van der Waals surface area (Å²) in [6, 6.07) is 18.9. The number of nitrogens with zero attached hydrogens (tertiary/aromatic N) is 2. The van der Waals surface area contributed by atoms with Crippen molar-refractivity contribution in [2.45, 2.75) is 13.5 Å². The standard InChI is InChI=1S/C22H18IN3O2/c1-15-5-4-10-26-13-19(24-21(15)26)14-28-20-9-2-6-16(11-20)22(27)25-18-8-3-7-17(23)12-18/h2-13H,14H2,1H3,(H,25,27). The van der Waals surface area contributed by atoms with Gasteiger partial charge < -0.3 is 14.5 Å². The second-order valence-corrected chi connectivity index (χ2v) is 7.68. The Morgan fingerprint density at radius 3 is 2.82 bits per heavy atom. The minimum atomic E-state index is -0.171. The van der Waals surface area contributed by atoms with E-state index in [0.717, 1.165) is 26.2 Å². The van der Waals surface area contributed by atoms with Crippen LogP contribution in [0.15, 0.2) is 73.1 Å². The van der Waals surface area contributed by atoms with Crippen LogP contribution < -0.4 is 10.1 Å². The smallest absolute Gasteiger partial charge is 0.255 e. The quantitative estimate of drug-likeness (QED) is 0.403. The molecular weight excluding hydrogens is 465 g/mol. The van der Waals surface area contributed by atoms with Gasteiger partial charge in [0.2, 0.25) is 0 Å². The molecule has 2 aromatic heterocycles. The zero-order chi connectivity index (χ0) is 19.5. The zero-order valence-electron chi connectivity index (χ0n) is 15.2. The summed E-state index contributed by atoms with van der Waals surface area (Å²) in [5, 5.41) is 2.91. The average Bonchev–Trinajstić information content (AvgIpc) is 3.11. The summed E-state index contributed by atoms with van der Waals surface area (Å²) in [7, 11) is 0. The fourth-order valence-corrected chi connectivity index (χ4v) is 3.47. The summed E-state index contributed by atoms with van der Waals surface area (Å²) < 4.78 is 8.91. The van der Waals surface area contributed by atoms with E-state index in [9.17, 15) is 4.79 Å². The van der Waals surface area contributed by atoms with Crippen molar-refractivity contribution in [3.8, 4) is 5.75 Å². The summed E-state index contributed by atoms with van der Waals surface area (Å²) in [5.74, 6) is 0.458. The molecule has 4 rings (SSSR count). The van der Waals surface area contributed by atoms with Gasteiger partial charge in [0.05, 0.1) is 5.69 Å². The predicted molar refractivity (Wildman–Crippen MR) is 118 cm³/mol. The van der Waals surface area contributed by atoms with Crippen molar-refractivity contribution in [3.63, 3.8) is 0 Å². The van der Waals surface area contributed by atoms with Crippen LogP contribution in [0.25, 0.3) is 5.65 Å². The van der Waals surface area contributed by atoms with Gasteiger partial charge >= 0.3 is 0 Å². The number of ether oxygens (including phenoxy) is 1. The third kappa shape index (κ3) is 4.17. The van der Waals surface area contributed by atoms with E-state index in [4.69, 9.17) is 4.74 Å². The van der Waals surface area contributed by atoms with Gasteiger partial charge in [-0.05, 0) is 77.5 Å². The van der Waals surface area contributed by atoms with Crippen molar-refractivity contribution in [2.24, 2.45) is 0 Å². The van der Waals surface area contributed by atoms with E-state index >= 15 is 0 Å². The number of imidazole rings is 1. The highest BCUT2D eigenvalue weighted by Crippen LogP contribution is 2.18. The van der Waals surface area contributed by atoms with E-state index in [1.165, 1.54) is 0 Å². The molecule has 0 bridgehead atoms. The molecule has 0 fully saturated rings. The van der Waals surface area contributed by atoms with Crippen molar-refractivity contribution in [1.29, 1.82) is 0 Å². The third-order valence-corrected chi connectivity index (χ3v) is 4.96. The fourth-order valence-electron chi connectivity index (χ4n) is 2.93. The Morgan fingerprint density at radius 1 is 1.14 bits per heavy atom. The first-order valence-corrected chi connectivity index (χ1v) is 9.89. The molecule has 1 amide bonds. The van der Waals surface area contributed by atoms with E-state index in [2.05, 4.69) is 32.9 Å². The number of rotatable bonds is 5. The first-order valence-electron chi connectivity index (χ1n) is 8.81.